The maximum absolute atomic E-state index is 12.3. The van der Waals surface area contributed by atoms with Crippen LogP contribution in [0.1, 0.15) is 21.5 Å². The first-order valence-electron chi connectivity index (χ1n) is 9.22. The van der Waals surface area contributed by atoms with Crippen molar-refractivity contribution in [3.63, 3.8) is 0 Å². The topological polar surface area (TPSA) is 122 Å². The van der Waals surface area contributed by atoms with Crippen LogP contribution in [0.2, 0.25) is 5.02 Å². The number of rotatable bonds is 6. The fraction of sp³-hybridized carbons (Fsp3) is 0.200. The largest absolute Gasteiger partial charge is 0.405 e. The van der Waals surface area contributed by atoms with Crippen LogP contribution in [0.25, 0.3) is 11.4 Å². The van der Waals surface area contributed by atoms with E-state index in [4.69, 9.17) is 22.7 Å². The zero-order valence-corrected chi connectivity index (χ0v) is 17.8. The molecule has 12 heteroatoms. The summed E-state index contributed by atoms with van der Waals surface area (Å²) < 4.78 is 38.5. The summed E-state index contributed by atoms with van der Waals surface area (Å²) in [4.78, 5) is 16.5. The molecular weight excluding hydrogens is 447 g/mol. The Morgan fingerprint density at radius 3 is 2.66 bits per heavy atom. The summed E-state index contributed by atoms with van der Waals surface area (Å²) in [5.74, 6) is -0.130. The molecule has 0 saturated heterocycles. The average molecular weight is 466 g/mol. The third-order valence-corrected chi connectivity index (χ3v) is 4.95. The zero-order chi connectivity index (χ0) is 23.6. The Kier molecular flexibility index (Phi) is 6.40. The summed E-state index contributed by atoms with van der Waals surface area (Å²) in [7, 11) is 1.66. The lowest BCUT2D eigenvalue weighted by Crippen LogP contribution is -2.34. The summed E-state index contributed by atoms with van der Waals surface area (Å²) in [5.41, 5.74) is 8.20. The molecule has 1 amide bonds. The van der Waals surface area contributed by atoms with Gasteiger partial charge in [-0.15, -0.1) is 5.10 Å². The van der Waals surface area contributed by atoms with Crippen molar-refractivity contribution in [3.05, 3.63) is 52.0 Å². The van der Waals surface area contributed by atoms with Crippen LogP contribution in [0.3, 0.4) is 0 Å². The van der Waals surface area contributed by atoms with Gasteiger partial charge < -0.3 is 21.8 Å². The van der Waals surface area contributed by atoms with Crippen molar-refractivity contribution in [1.29, 1.82) is 5.41 Å². The molecule has 0 radical (unpaired) electrons. The van der Waals surface area contributed by atoms with Gasteiger partial charge in [0, 0.05) is 35.6 Å². The highest BCUT2D eigenvalue weighted by molar-refractivity contribution is 6.36. The van der Waals surface area contributed by atoms with Gasteiger partial charge in [0.25, 0.3) is 5.91 Å². The first-order chi connectivity index (χ1) is 15.0. The van der Waals surface area contributed by atoms with Crippen LogP contribution in [0.4, 0.5) is 30.5 Å². The first-order valence-corrected chi connectivity index (χ1v) is 9.60. The molecule has 0 aliphatic carbocycles. The van der Waals surface area contributed by atoms with E-state index in [2.05, 4.69) is 15.4 Å². The average Bonchev–Trinajstić information content (AvgIpc) is 3.08. The summed E-state index contributed by atoms with van der Waals surface area (Å²) in [6.45, 7) is 0.207. The Balaban J connectivity index is 1.84. The number of hydrogen-bond acceptors (Lipinski definition) is 6. The number of aryl methyl sites for hydroxylation is 2. The van der Waals surface area contributed by atoms with E-state index in [-0.39, 0.29) is 10.6 Å². The molecule has 0 saturated carbocycles. The van der Waals surface area contributed by atoms with Crippen molar-refractivity contribution in [3.8, 4) is 11.4 Å². The molecule has 0 aliphatic heterocycles. The van der Waals surface area contributed by atoms with E-state index in [1.54, 1.807) is 38.2 Å². The van der Waals surface area contributed by atoms with Gasteiger partial charge in [-0.1, -0.05) is 17.7 Å². The van der Waals surface area contributed by atoms with E-state index >= 15 is 0 Å². The monoisotopic (exact) mass is 465 g/mol. The Bertz CT molecular complexity index is 1190. The number of aromatic nitrogens is 3. The van der Waals surface area contributed by atoms with Crippen LogP contribution >= 0.6 is 11.6 Å². The van der Waals surface area contributed by atoms with Gasteiger partial charge >= 0.3 is 6.18 Å². The number of nitrogens with two attached hydrogens (primary N) is 1. The number of nitrogens with one attached hydrogen (secondary N) is 3. The second-order valence-electron chi connectivity index (χ2n) is 6.91. The molecule has 2 aromatic carbocycles. The predicted octanol–water partition coefficient (Wildman–Crippen LogP) is 4.06. The molecule has 1 aromatic heterocycles. The lowest BCUT2D eigenvalue weighted by molar-refractivity contribution is -0.123. The summed E-state index contributed by atoms with van der Waals surface area (Å²) in [6, 6.07) is 7.85. The van der Waals surface area contributed by atoms with Crippen LogP contribution < -0.4 is 16.4 Å². The second-order valence-corrected chi connectivity index (χ2v) is 7.29. The molecule has 5 N–H and O–H groups in total. The van der Waals surface area contributed by atoms with Gasteiger partial charge in [-0.05, 0) is 36.8 Å². The lowest BCUT2D eigenvalue weighted by atomic mass is 10.0. The molecule has 0 aliphatic rings. The molecule has 0 bridgehead atoms. The van der Waals surface area contributed by atoms with E-state index in [9.17, 15) is 18.0 Å². The number of amides is 1. The molecule has 32 heavy (non-hydrogen) atoms. The van der Waals surface area contributed by atoms with Crippen molar-refractivity contribution in [2.75, 3.05) is 17.6 Å². The molecule has 1 heterocycles. The molecule has 0 atom stereocenters. The van der Waals surface area contributed by atoms with Crippen LogP contribution in [0.5, 0.6) is 0 Å². The SMILES string of the molecule is Cc1cc(-c2nc(Nc3ccc(N)c(C=N)c3Cl)n(C)n2)ccc1C(=O)NCC(F)(F)F. The van der Waals surface area contributed by atoms with E-state index in [0.717, 1.165) is 6.21 Å². The highest BCUT2D eigenvalue weighted by Gasteiger charge is 2.28. The molecule has 3 aromatic rings. The number of halogens is 4. The van der Waals surface area contributed by atoms with Crippen molar-refractivity contribution >= 4 is 41.0 Å². The van der Waals surface area contributed by atoms with Crippen molar-refractivity contribution in [2.24, 2.45) is 7.05 Å². The Hall–Kier alpha value is -3.60. The molecule has 0 spiro atoms. The van der Waals surface area contributed by atoms with E-state index < -0.39 is 18.6 Å². The number of carbonyl (C=O) groups is 1. The molecule has 3 rings (SSSR count). The van der Waals surface area contributed by atoms with Crippen LogP contribution in [0.15, 0.2) is 30.3 Å². The molecule has 0 fully saturated rings. The zero-order valence-electron chi connectivity index (χ0n) is 17.0. The van der Waals surface area contributed by atoms with Crippen molar-refractivity contribution < 1.29 is 18.0 Å². The number of nitrogen functional groups attached to an aromatic ring is 1. The smallest absolute Gasteiger partial charge is 0.398 e. The first kappa shape index (κ1) is 23.1. The van der Waals surface area contributed by atoms with E-state index in [1.807, 2.05) is 5.32 Å². The highest BCUT2D eigenvalue weighted by Crippen LogP contribution is 2.31. The Morgan fingerprint density at radius 2 is 2.03 bits per heavy atom. The predicted molar refractivity (Wildman–Crippen MR) is 117 cm³/mol. The van der Waals surface area contributed by atoms with Gasteiger partial charge in [-0.3, -0.25) is 4.79 Å². The van der Waals surface area contributed by atoms with Crippen LogP contribution in [-0.4, -0.2) is 39.6 Å². The maximum atomic E-state index is 12.3. The Morgan fingerprint density at radius 1 is 1.31 bits per heavy atom. The molecule has 8 nitrogen and oxygen atoms in total. The molecule has 168 valence electrons. The van der Waals surface area contributed by atoms with Gasteiger partial charge in [0.1, 0.15) is 6.54 Å². The summed E-state index contributed by atoms with van der Waals surface area (Å²) >= 11 is 6.30. The fourth-order valence-electron chi connectivity index (χ4n) is 2.92. The molecule has 0 unspecified atom stereocenters. The standard InChI is InChI=1S/C20H19ClF3N7O/c1-10-7-11(3-4-12(10)18(32)27-9-20(22,23)24)17-29-19(31(2)30-17)28-15-6-5-14(26)13(8-25)16(15)21/h3-8,25H,9,26H2,1-2H3,(H,27,32)(H,28,29,30). The fourth-order valence-corrected chi connectivity index (χ4v) is 3.19. The summed E-state index contributed by atoms with van der Waals surface area (Å²) in [5, 5.41) is 16.9. The number of carbonyl (C=O) groups excluding carboxylic acids is 1. The van der Waals surface area contributed by atoms with Gasteiger partial charge in [-0.25, -0.2) is 4.68 Å². The van der Waals surface area contributed by atoms with Gasteiger partial charge in [0.05, 0.1) is 10.7 Å². The van der Waals surface area contributed by atoms with Crippen LogP contribution in [0, 0.1) is 12.3 Å². The Labute approximate surface area is 186 Å². The third kappa shape index (κ3) is 4.99. The minimum Gasteiger partial charge on any atom is -0.398 e. The van der Waals surface area contributed by atoms with Crippen LogP contribution in [-0.2, 0) is 7.05 Å². The normalized spacial score (nSPS) is 11.3. The van der Waals surface area contributed by atoms with E-state index in [1.165, 1.54) is 10.7 Å². The third-order valence-electron chi connectivity index (χ3n) is 4.55. The number of benzene rings is 2. The van der Waals surface area contributed by atoms with Gasteiger partial charge in [0.15, 0.2) is 5.82 Å². The quantitative estimate of drug-likeness (QED) is 0.323. The number of alkyl halides is 3. The number of nitrogens with zero attached hydrogens (tertiary/aromatic N) is 3. The van der Waals surface area contributed by atoms with Crippen molar-refractivity contribution in [2.45, 2.75) is 13.1 Å². The number of anilines is 3. The lowest BCUT2D eigenvalue weighted by Gasteiger charge is -2.10. The molecular formula is C20H19ClF3N7O. The minimum atomic E-state index is -4.49. The summed E-state index contributed by atoms with van der Waals surface area (Å²) in [6.07, 6.45) is -3.43. The highest BCUT2D eigenvalue weighted by atomic mass is 35.5. The second kappa shape index (κ2) is 8.87. The van der Waals surface area contributed by atoms with Gasteiger partial charge in [0.2, 0.25) is 5.95 Å². The maximum Gasteiger partial charge on any atom is 0.405 e. The number of hydrogen-bond donors (Lipinski definition) is 4. The van der Waals surface area contributed by atoms with E-state index in [0.29, 0.717) is 39.8 Å². The van der Waals surface area contributed by atoms with Gasteiger partial charge in [-0.2, -0.15) is 18.2 Å². The van der Waals surface area contributed by atoms with Crippen molar-refractivity contribution in [1.82, 2.24) is 20.1 Å². The minimum absolute atomic E-state index is 0.125.